The summed E-state index contributed by atoms with van der Waals surface area (Å²) in [7, 11) is 0. The zero-order valence-corrected chi connectivity index (χ0v) is 12.9. The standard InChI is InChI=1S/C16H14Cl2FNO/c1-9-2-3-11(8-14(9)19)20-15-4-5-21-16-12(15)6-10(17)7-13(16)18/h2-3,6-8,15,20H,4-5H2,1H3. The Morgan fingerprint density at radius 1 is 1.24 bits per heavy atom. The minimum Gasteiger partial charge on any atom is -0.492 e. The van der Waals surface area contributed by atoms with Crippen molar-refractivity contribution in [1.29, 1.82) is 0 Å². The van der Waals surface area contributed by atoms with E-state index in [4.69, 9.17) is 27.9 Å². The molecule has 1 aliphatic heterocycles. The lowest BCUT2D eigenvalue weighted by Crippen LogP contribution is -2.20. The van der Waals surface area contributed by atoms with Gasteiger partial charge in [-0.3, -0.25) is 0 Å². The van der Waals surface area contributed by atoms with Gasteiger partial charge in [0.25, 0.3) is 0 Å². The molecule has 0 amide bonds. The van der Waals surface area contributed by atoms with Gasteiger partial charge in [0.15, 0.2) is 0 Å². The number of hydrogen-bond acceptors (Lipinski definition) is 2. The number of ether oxygens (including phenoxy) is 1. The molecule has 1 aliphatic rings. The van der Waals surface area contributed by atoms with Crippen molar-refractivity contribution >= 4 is 28.9 Å². The molecule has 1 N–H and O–H groups in total. The minimum absolute atomic E-state index is 0.00736. The quantitative estimate of drug-likeness (QED) is 0.800. The van der Waals surface area contributed by atoms with Crippen molar-refractivity contribution in [3.05, 3.63) is 57.3 Å². The number of anilines is 1. The first-order valence-electron chi connectivity index (χ1n) is 6.69. The molecule has 2 aromatic rings. The number of hydrogen-bond donors (Lipinski definition) is 1. The van der Waals surface area contributed by atoms with Crippen molar-refractivity contribution in [2.24, 2.45) is 0 Å². The average molecular weight is 326 g/mol. The first-order valence-corrected chi connectivity index (χ1v) is 7.44. The van der Waals surface area contributed by atoms with E-state index in [2.05, 4.69) is 5.32 Å². The second-order valence-corrected chi connectivity index (χ2v) is 5.95. The highest BCUT2D eigenvalue weighted by Crippen LogP contribution is 2.41. The van der Waals surface area contributed by atoms with E-state index in [1.165, 1.54) is 6.07 Å². The second kappa shape index (κ2) is 5.74. The number of fused-ring (bicyclic) bond motifs is 1. The largest absolute Gasteiger partial charge is 0.492 e. The molecule has 0 saturated heterocycles. The molecule has 0 spiro atoms. The van der Waals surface area contributed by atoms with Gasteiger partial charge in [-0.1, -0.05) is 29.3 Å². The van der Waals surface area contributed by atoms with E-state index in [0.29, 0.717) is 28.0 Å². The van der Waals surface area contributed by atoms with Crippen LogP contribution in [0.5, 0.6) is 5.75 Å². The van der Waals surface area contributed by atoms with Crippen LogP contribution in [-0.2, 0) is 0 Å². The van der Waals surface area contributed by atoms with Gasteiger partial charge in [-0.05, 0) is 36.8 Å². The lowest BCUT2D eigenvalue weighted by atomic mass is 10.00. The van der Waals surface area contributed by atoms with E-state index in [1.807, 2.05) is 12.1 Å². The van der Waals surface area contributed by atoms with E-state index in [-0.39, 0.29) is 11.9 Å². The van der Waals surface area contributed by atoms with Gasteiger partial charge in [0.05, 0.1) is 17.7 Å². The highest BCUT2D eigenvalue weighted by molar-refractivity contribution is 6.35. The van der Waals surface area contributed by atoms with Crippen LogP contribution in [-0.4, -0.2) is 6.61 Å². The molecule has 2 aromatic carbocycles. The molecule has 0 saturated carbocycles. The Labute approximate surface area is 132 Å². The minimum atomic E-state index is -0.226. The molecular weight excluding hydrogens is 312 g/mol. The molecule has 5 heteroatoms. The number of benzene rings is 2. The van der Waals surface area contributed by atoms with Crippen LogP contribution in [0.15, 0.2) is 30.3 Å². The SMILES string of the molecule is Cc1ccc(NC2CCOc3c(Cl)cc(Cl)cc32)cc1F. The summed E-state index contributed by atoms with van der Waals surface area (Å²) in [5, 5.41) is 4.38. The van der Waals surface area contributed by atoms with Gasteiger partial charge in [0, 0.05) is 22.7 Å². The maximum atomic E-state index is 13.7. The summed E-state index contributed by atoms with van der Waals surface area (Å²) in [6, 6.07) is 8.60. The highest BCUT2D eigenvalue weighted by atomic mass is 35.5. The third-order valence-electron chi connectivity index (χ3n) is 3.58. The maximum absolute atomic E-state index is 13.7. The molecule has 1 unspecified atom stereocenters. The maximum Gasteiger partial charge on any atom is 0.143 e. The number of aryl methyl sites for hydroxylation is 1. The van der Waals surface area contributed by atoms with Gasteiger partial charge in [-0.25, -0.2) is 4.39 Å². The van der Waals surface area contributed by atoms with E-state index < -0.39 is 0 Å². The summed E-state index contributed by atoms with van der Waals surface area (Å²) < 4.78 is 19.3. The molecule has 1 heterocycles. The third-order valence-corrected chi connectivity index (χ3v) is 4.08. The predicted octanol–water partition coefficient (Wildman–Crippen LogP) is 5.38. The van der Waals surface area contributed by atoms with Crippen molar-refractivity contribution in [3.63, 3.8) is 0 Å². The van der Waals surface area contributed by atoms with Crippen LogP contribution in [0.1, 0.15) is 23.6 Å². The summed E-state index contributed by atoms with van der Waals surface area (Å²) in [4.78, 5) is 0. The Morgan fingerprint density at radius 3 is 2.81 bits per heavy atom. The number of nitrogens with one attached hydrogen (secondary N) is 1. The Balaban J connectivity index is 1.93. The predicted molar refractivity (Wildman–Crippen MR) is 84.1 cm³/mol. The van der Waals surface area contributed by atoms with Crippen LogP contribution in [0, 0.1) is 12.7 Å². The molecule has 0 radical (unpaired) electrons. The molecular formula is C16H14Cl2FNO. The van der Waals surface area contributed by atoms with Crippen LogP contribution >= 0.6 is 23.2 Å². The Kier molecular flexibility index (Phi) is 3.96. The molecule has 1 atom stereocenters. The lowest BCUT2D eigenvalue weighted by molar-refractivity contribution is 0.274. The molecule has 21 heavy (non-hydrogen) atoms. The summed E-state index contributed by atoms with van der Waals surface area (Å²) in [6.45, 7) is 2.29. The van der Waals surface area contributed by atoms with Crippen molar-refractivity contribution in [2.75, 3.05) is 11.9 Å². The average Bonchev–Trinajstić information content (AvgIpc) is 2.44. The Hall–Kier alpha value is -1.45. The fourth-order valence-corrected chi connectivity index (χ4v) is 3.02. The van der Waals surface area contributed by atoms with E-state index in [0.717, 1.165) is 17.7 Å². The van der Waals surface area contributed by atoms with Gasteiger partial charge >= 0.3 is 0 Å². The fraction of sp³-hybridized carbons (Fsp3) is 0.250. The van der Waals surface area contributed by atoms with Gasteiger partial charge in [0.1, 0.15) is 11.6 Å². The van der Waals surface area contributed by atoms with Crippen LogP contribution in [0.2, 0.25) is 10.0 Å². The van der Waals surface area contributed by atoms with Crippen LogP contribution in [0.4, 0.5) is 10.1 Å². The molecule has 3 rings (SSSR count). The lowest BCUT2D eigenvalue weighted by Gasteiger charge is -2.28. The normalized spacial score (nSPS) is 17.0. The first kappa shape index (κ1) is 14.5. The van der Waals surface area contributed by atoms with Gasteiger partial charge in [-0.2, -0.15) is 0 Å². The smallest absolute Gasteiger partial charge is 0.143 e. The summed E-state index contributed by atoms with van der Waals surface area (Å²) in [6.07, 6.45) is 0.763. The second-order valence-electron chi connectivity index (χ2n) is 5.10. The highest BCUT2D eigenvalue weighted by Gasteiger charge is 2.24. The van der Waals surface area contributed by atoms with Crippen LogP contribution in [0.3, 0.4) is 0 Å². The molecule has 0 fully saturated rings. The van der Waals surface area contributed by atoms with Crippen LogP contribution < -0.4 is 10.1 Å². The number of halogens is 3. The molecule has 0 aromatic heterocycles. The fourth-order valence-electron chi connectivity index (χ4n) is 2.46. The first-order chi connectivity index (χ1) is 10.0. The van der Waals surface area contributed by atoms with Gasteiger partial charge < -0.3 is 10.1 Å². The monoisotopic (exact) mass is 325 g/mol. The van der Waals surface area contributed by atoms with Gasteiger partial charge in [-0.15, -0.1) is 0 Å². The van der Waals surface area contributed by atoms with Gasteiger partial charge in [0.2, 0.25) is 0 Å². The van der Waals surface area contributed by atoms with Crippen molar-refractivity contribution in [2.45, 2.75) is 19.4 Å². The number of rotatable bonds is 2. The van der Waals surface area contributed by atoms with Crippen molar-refractivity contribution in [1.82, 2.24) is 0 Å². The molecule has 0 bridgehead atoms. The Morgan fingerprint density at radius 2 is 2.05 bits per heavy atom. The molecule has 110 valence electrons. The molecule has 0 aliphatic carbocycles. The van der Waals surface area contributed by atoms with E-state index in [9.17, 15) is 4.39 Å². The zero-order valence-electron chi connectivity index (χ0n) is 11.4. The summed E-state index contributed by atoms with van der Waals surface area (Å²) in [5.74, 6) is 0.425. The van der Waals surface area contributed by atoms with Crippen molar-refractivity contribution in [3.8, 4) is 5.75 Å². The summed E-state index contributed by atoms with van der Waals surface area (Å²) in [5.41, 5.74) is 2.26. The molecule has 2 nitrogen and oxygen atoms in total. The third kappa shape index (κ3) is 2.94. The topological polar surface area (TPSA) is 21.3 Å². The van der Waals surface area contributed by atoms with Crippen molar-refractivity contribution < 1.29 is 9.13 Å². The Bertz CT molecular complexity index is 690. The zero-order chi connectivity index (χ0) is 15.0. The van der Waals surface area contributed by atoms with E-state index in [1.54, 1.807) is 19.1 Å². The summed E-state index contributed by atoms with van der Waals surface area (Å²) >= 11 is 12.2. The van der Waals surface area contributed by atoms with Crippen LogP contribution in [0.25, 0.3) is 0 Å². The van der Waals surface area contributed by atoms with E-state index >= 15 is 0 Å².